The highest BCUT2D eigenvalue weighted by molar-refractivity contribution is 7.22. The fraction of sp³-hybridized carbons (Fsp3) is 0.148. The van der Waals surface area contributed by atoms with Gasteiger partial charge >= 0.3 is 5.91 Å². The highest BCUT2D eigenvalue weighted by atomic mass is 32.1. The molecule has 37 heavy (non-hydrogen) atoms. The van der Waals surface area contributed by atoms with Crippen LogP contribution in [-0.2, 0) is 9.59 Å². The highest BCUT2D eigenvalue weighted by Crippen LogP contribution is 2.44. The Morgan fingerprint density at radius 3 is 2.46 bits per heavy atom. The van der Waals surface area contributed by atoms with Gasteiger partial charge in [-0.05, 0) is 49.7 Å². The molecule has 1 N–H and O–H groups in total. The molecule has 0 saturated carbocycles. The summed E-state index contributed by atoms with van der Waals surface area (Å²) in [6.07, 6.45) is 0. The predicted molar refractivity (Wildman–Crippen MR) is 140 cm³/mol. The Morgan fingerprint density at radius 1 is 1.11 bits per heavy atom. The van der Waals surface area contributed by atoms with Gasteiger partial charge in [0.05, 0.1) is 33.4 Å². The van der Waals surface area contributed by atoms with E-state index in [1.807, 2.05) is 19.9 Å². The van der Waals surface area contributed by atoms with Crippen LogP contribution >= 0.6 is 11.3 Å². The number of aliphatic hydroxyl groups is 1. The van der Waals surface area contributed by atoms with E-state index >= 15 is 0 Å². The number of thiazole rings is 1. The Hall–Kier alpha value is -4.57. The summed E-state index contributed by atoms with van der Waals surface area (Å²) in [5, 5.41) is 22.7. The number of ketones is 1. The number of ether oxygens (including phenoxy) is 1. The van der Waals surface area contributed by atoms with Crippen LogP contribution in [0.1, 0.15) is 29.7 Å². The van der Waals surface area contributed by atoms with Crippen molar-refractivity contribution in [1.29, 1.82) is 0 Å². The standard InChI is InChI=1S/C27H21N3O6S/c1-3-36-19-12-13-20-21(14-19)37-27(28-20)29-23(16-8-10-18(11-9-16)30(34)35)22(25(32)26(29)33)24(31)17-6-4-15(2)5-7-17/h4-14,23,31H,3H2,1-2H3. The lowest BCUT2D eigenvalue weighted by Crippen LogP contribution is -2.29. The van der Waals surface area contributed by atoms with E-state index in [1.54, 1.807) is 36.4 Å². The van der Waals surface area contributed by atoms with E-state index in [0.29, 0.717) is 29.0 Å². The maximum absolute atomic E-state index is 13.4. The van der Waals surface area contributed by atoms with Gasteiger partial charge in [-0.3, -0.25) is 24.6 Å². The molecule has 0 spiro atoms. The van der Waals surface area contributed by atoms with Crippen molar-refractivity contribution in [3.8, 4) is 5.75 Å². The van der Waals surface area contributed by atoms with Crippen molar-refractivity contribution in [1.82, 2.24) is 4.98 Å². The van der Waals surface area contributed by atoms with Crippen LogP contribution in [0.2, 0.25) is 0 Å². The summed E-state index contributed by atoms with van der Waals surface area (Å²) in [6.45, 7) is 4.26. The first-order valence-electron chi connectivity index (χ1n) is 11.4. The fourth-order valence-electron chi connectivity index (χ4n) is 4.24. The van der Waals surface area contributed by atoms with E-state index in [1.165, 1.54) is 40.5 Å². The lowest BCUT2D eigenvalue weighted by molar-refractivity contribution is -0.384. The number of carbonyl (C=O) groups is 2. The van der Waals surface area contributed by atoms with Gasteiger partial charge in [0.2, 0.25) is 0 Å². The van der Waals surface area contributed by atoms with Crippen LogP contribution in [0.15, 0.2) is 72.3 Å². The number of hydrogen-bond donors (Lipinski definition) is 1. The molecule has 1 aliphatic heterocycles. The number of Topliss-reactive ketones (excluding diaryl/α,β-unsaturated/α-hetero) is 1. The first-order valence-corrected chi connectivity index (χ1v) is 12.3. The second kappa shape index (κ2) is 9.47. The zero-order chi connectivity index (χ0) is 26.3. The largest absolute Gasteiger partial charge is 0.507 e. The van der Waals surface area contributed by atoms with E-state index in [9.17, 15) is 24.8 Å². The Balaban J connectivity index is 1.69. The molecule has 0 aliphatic carbocycles. The van der Waals surface area contributed by atoms with Crippen molar-refractivity contribution in [2.75, 3.05) is 11.5 Å². The van der Waals surface area contributed by atoms with Crippen molar-refractivity contribution in [2.45, 2.75) is 19.9 Å². The third-order valence-corrected chi connectivity index (χ3v) is 7.07. The maximum Gasteiger partial charge on any atom is 0.301 e. The second-order valence-corrected chi connectivity index (χ2v) is 9.45. The van der Waals surface area contributed by atoms with Crippen LogP contribution in [-0.4, -0.2) is 33.3 Å². The lowest BCUT2D eigenvalue weighted by atomic mass is 9.95. The van der Waals surface area contributed by atoms with Crippen molar-refractivity contribution < 1.29 is 24.4 Å². The van der Waals surface area contributed by atoms with Crippen LogP contribution in [0.5, 0.6) is 5.75 Å². The molecule has 10 heteroatoms. The van der Waals surface area contributed by atoms with E-state index in [-0.39, 0.29) is 22.2 Å². The van der Waals surface area contributed by atoms with Gasteiger partial charge < -0.3 is 9.84 Å². The number of nitro benzene ring substituents is 1. The van der Waals surface area contributed by atoms with Crippen molar-refractivity contribution >= 4 is 49.8 Å². The number of anilines is 1. The maximum atomic E-state index is 13.4. The van der Waals surface area contributed by atoms with Crippen LogP contribution in [0.25, 0.3) is 16.0 Å². The highest BCUT2D eigenvalue weighted by Gasteiger charge is 2.48. The molecule has 4 aromatic rings. The van der Waals surface area contributed by atoms with Crippen molar-refractivity contribution in [2.24, 2.45) is 0 Å². The molecule has 1 aliphatic rings. The zero-order valence-electron chi connectivity index (χ0n) is 19.9. The summed E-state index contributed by atoms with van der Waals surface area (Å²) < 4.78 is 6.32. The molecule has 0 bridgehead atoms. The molecule has 1 atom stereocenters. The number of carbonyl (C=O) groups excluding carboxylic acids is 2. The third-order valence-electron chi connectivity index (χ3n) is 6.05. The average Bonchev–Trinajstić information content (AvgIpc) is 3.42. The Morgan fingerprint density at radius 2 is 1.81 bits per heavy atom. The van der Waals surface area contributed by atoms with Gasteiger partial charge in [-0.25, -0.2) is 4.98 Å². The monoisotopic (exact) mass is 515 g/mol. The van der Waals surface area contributed by atoms with Gasteiger partial charge in [-0.2, -0.15) is 0 Å². The summed E-state index contributed by atoms with van der Waals surface area (Å²) in [4.78, 5) is 43.2. The van der Waals surface area contributed by atoms with Gasteiger partial charge in [0.1, 0.15) is 11.5 Å². The Labute approximate surface area is 215 Å². The predicted octanol–water partition coefficient (Wildman–Crippen LogP) is 5.54. The fourth-order valence-corrected chi connectivity index (χ4v) is 5.26. The third kappa shape index (κ3) is 4.31. The molecule has 9 nitrogen and oxygen atoms in total. The van der Waals surface area contributed by atoms with E-state index in [4.69, 9.17) is 4.74 Å². The number of fused-ring (bicyclic) bond motifs is 1. The molecule has 1 amide bonds. The van der Waals surface area contributed by atoms with Gasteiger partial charge in [-0.15, -0.1) is 0 Å². The number of hydrogen-bond acceptors (Lipinski definition) is 8. The SMILES string of the molecule is CCOc1ccc2nc(N3C(=O)C(=O)C(=C(O)c4ccc(C)cc4)C3c3ccc([N+](=O)[O-])cc3)sc2c1. The molecular weight excluding hydrogens is 494 g/mol. The van der Waals surface area contributed by atoms with E-state index < -0.39 is 22.7 Å². The smallest absolute Gasteiger partial charge is 0.301 e. The summed E-state index contributed by atoms with van der Waals surface area (Å²) in [5.41, 5.74) is 2.13. The minimum absolute atomic E-state index is 0.114. The number of nitrogens with zero attached hydrogens (tertiary/aromatic N) is 3. The minimum atomic E-state index is -1.03. The van der Waals surface area contributed by atoms with Crippen LogP contribution in [0.4, 0.5) is 10.8 Å². The van der Waals surface area contributed by atoms with Crippen LogP contribution in [0, 0.1) is 17.0 Å². The molecule has 2 heterocycles. The number of aryl methyl sites for hydroxylation is 1. The zero-order valence-corrected chi connectivity index (χ0v) is 20.7. The van der Waals surface area contributed by atoms with E-state index in [2.05, 4.69) is 4.98 Å². The Bertz CT molecular complexity index is 1570. The number of benzene rings is 3. The number of non-ortho nitro benzene ring substituents is 1. The molecule has 0 radical (unpaired) electrons. The molecule has 3 aromatic carbocycles. The number of aliphatic hydroxyl groups excluding tert-OH is 1. The first kappa shape index (κ1) is 24.1. The molecular formula is C27H21N3O6S. The van der Waals surface area contributed by atoms with Crippen LogP contribution < -0.4 is 9.64 Å². The molecule has 1 unspecified atom stereocenters. The quantitative estimate of drug-likeness (QED) is 0.118. The molecule has 186 valence electrons. The number of aromatic nitrogens is 1. The minimum Gasteiger partial charge on any atom is -0.507 e. The van der Waals surface area contributed by atoms with Crippen LogP contribution in [0.3, 0.4) is 0 Å². The van der Waals surface area contributed by atoms with Gasteiger partial charge in [0.25, 0.3) is 11.5 Å². The summed E-state index contributed by atoms with van der Waals surface area (Å²) in [5.74, 6) is -1.39. The number of rotatable bonds is 6. The summed E-state index contributed by atoms with van der Waals surface area (Å²) in [7, 11) is 0. The first-order chi connectivity index (χ1) is 17.8. The van der Waals surface area contributed by atoms with Gasteiger partial charge in [0.15, 0.2) is 5.13 Å². The molecule has 5 rings (SSSR count). The molecule has 1 saturated heterocycles. The second-order valence-electron chi connectivity index (χ2n) is 8.44. The topological polar surface area (TPSA) is 123 Å². The molecule has 1 fully saturated rings. The summed E-state index contributed by atoms with van der Waals surface area (Å²) >= 11 is 1.21. The van der Waals surface area contributed by atoms with Gasteiger partial charge in [0, 0.05) is 17.7 Å². The normalized spacial score (nSPS) is 16.9. The lowest BCUT2D eigenvalue weighted by Gasteiger charge is -2.22. The molecule has 1 aromatic heterocycles. The van der Waals surface area contributed by atoms with E-state index in [0.717, 1.165) is 10.3 Å². The average molecular weight is 516 g/mol. The summed E-state index contributed by atoms with van der Waals surface area (Å²) in [6, 6.07) is 16.8. The Kier molecular flexibility index (Phi) is 6.18. The van der Waals surface area contributed by atoms with Crippen molar-refractivity contribution in [3.63, 3.8) is 0 Å². The number of amides is 1. The van der Waals surface area contributed by atoms with Gasteiger partial charge in [-0.1, -0.05) is 41.2 Å². The number of nitro groups is 1. The van der Waals surface area contributed by atoms with Crippen molar-refractivity contribution in [3.05, 3.63) is 99.1 Å².